The summed E-state index contributed by atoms with van der Waals surface area (Å²) in [7, 11) is 0. The fraction of sp³-hybridized carbons (Fsp3) is 0.909. The van der Waals surface area contributed by atoms with Crippen LogP contribution in [0.4, 0.5) is 0 Å². The van der Waals surface area contributed by atoms with Gasteiger partial charge in [-0.3, -0.25) is 9.69 Å². The standard InChI is InChI=1S/C11H21NO/c1-3-4-5-7-12-8-6-11(13)9-10(12)2/h10H,3-9H2,1-2H3. The predicted molar refractivity (Wildman–Crippen MR) is 54.8 cm³/mol. The molecule has 1 fully saturated rings. The highest BCUT2D eigenvalue weighted by Crippen LogP contribution is 2.14. The fourth-order valence-electron chi connectivity index (χ4n) is 1.95. The van der Waals surface area contributed by atoms with Crippen molar-refractivity contribution in [3.05, 3.63) is 0 Å². The van der Waals surface area contributed by atoms with Crippen molar-refractivity contribution >= 4 is 5.78 Å². The Morgan fingerprint density at radius 3 is 2.85 bits per heavy atom. The Hall–Kier alpha value is -0.370. The van der Waals surface area contributed by atoms with Crippen molar-refractivity contribution in [3.63, 3.8) is 0 Å². The van der Waals surface area contributed by atoms with Crippen molar-refractivity contribution in [2.45, 2.75) is 52.0 Å². The minimum absolute atomic E-state index is 0.444. The van der Waals surface area contributed by atoms with Gasteiger partial charge in [-0.15, -0.1) is 0 Å². The van der Waals surface area contributed by atoms with Gasteiger partial charge in [0.2, 0.25) is 0 Å². The number of ketones is 1. The van der Waals surface area contributed by atoms with Crippen LogP contribution in [-0.2, 0) is 4.79 Å². The van der Waals surface area contributed by atoms with Crippen LogP contribution in [0.3, 0.4) is 0 Å². The van der Waals surface area contributed by atoms with Crippen LogP contribution in [-0.4, -0.2) is 29.8 Å². The van der Waals surface area contributed by atoms with Gasteiger partial charge in [0.15, 0.2) is 0 Å². The molecule has 0 radical (unpaired) electrons. The lowest BCUT2D eigenvalue weighted by molar-refractivity contribution is -0.122. The second kappa shape index (κ2) is 5.38. The number of carbonyl (C=O) groups excluding carboxylic acids is 1. The molecule has 0 aliphatic carbocycles. The number of nitrogens with zero attached hydrogens (tertiary/aromatic N) is 1. The second-order valence-corrected chi connectivity index (χ2v) is 4.08. The van der Waals surface area contributed by atoms with Crippen LogP contribution in [0.5, 0.6) is 0 Å². The summed E-state index contributed by atoms with van der Waals surface area (Å²) in [4.78, 5) is 13.6. The van der Waals surface area contributed by atoms with Crippen molar-refractivity contribution in [1.82, 2.24) is 4.90 Å². The van der Waals surface area contributed by atoms with Crippen molar-refractivity contribution in [3.8, 4) is 0 Å². The predicted octanol–water partition coefficient (Wildman–Crippen LogP) is 2.23. The van der Waals surface area contributed by atoms with Gasteiger partial charge in [-0.25, -0.2) is 0 Å². The van der Waals surface area contributed by atoms with Crippen molar-refractivity contribution < 1.29 is 4.79 Å². The number of likely N-dealkylation sites (tertiary alicyclic amines) is 1. The van der Waals surface area contributed by atoms with Gasteiger partial charge in [-0.1, -0.05) is 19.8 Å². The molecule has 1 rings (SSSR count). The van der Waals surface area contributed by atoms with E-state index < -0.39 is 0 Å². The van der Waals surface area contributed by atoms with E-state index >= 15 is 0 Å². The first-order chi connectivity index (χ1) is 6.24. The zero-order valence-corrected chi connectivity index (χ0v) is 8.88. The molecule has 0 amide bonds. The molecule has 2 heteroatoms. The number of unbranched alkanes of at least 4 members (excludes halogenated alkanes) is 2. The molecule has 1 heterocycles. The van der Waals surface area contributed by atoms with Crippen LogP contribution in [0.2, 0.25) is 0 Å². The van der Waals surface area contributed by atoms with Gasteiger partial charge >= 0.3 is 0 Å². The van der Waals surface area contributed by atoms with Crippen LogP contribution in [0.25, 0.3) is 0 Å². The zero-order chi connectivity index (χ0) is 9.68. The quantitative estimate of drug-likeness (QED) is 0.623. The minimum Gasteiger partial charge on any atom is -0.300 e. The molecule has 0 bridgehead atoms. The summed E-state index contributed by atoms with van der Waals surface area (Å²) in [6.07, 6.45) is 5.43. The van der Waals surface area contributed by atoms with E-state index in [1.165, 1.54) is 25.8 Å². The first-order valence-corrected chi connectivity index (χ1v) is 5.49. The molecule has 0 saturated carbocycles. The normalized spacial score (nSPS) is 25.1. The maximum absolute atomic E-state index is 11.1. The van der Waals surface area contributed by atoms with Crippen molar-refractivity contribution in [2.75, 3.05) is 13.1 Å². The van der Waals surface area contributed by atoms with Crippen LogP contribution in [0.1, 0.15) is 46.0 Å². The lowest BCUT2D eigenvalue weighted by atomic mass is 10.0. The highest BCUT2D eigenvalue weighted by molar-refractivity contribution is 5.79. The van der Waals surface area contributed by atoms with E-state index in [1.54, 1.807) is 0 Å². The van der Waals surface area contributed by atoms with Crippen molar-refractivity contribution in [2.24, 2.45) is 0 Å². The van der Waals surface area contributed by atoms with E-state index in [2.05, 4.69) is 18.7 Å². The number of hydrogen-bond donors (Lipinski definition) is 0. The number of rotatable bonds is 4. The Morgan fingerprint density at radius 2 is 2.23 bits per heavy atom. The van der Waals surface area contributed by atoms with E-state index in [4.69, 9.17) is 0 Å². The Bertz CT molecular complexity index is 167. The molecular weight excluding hydrogens is 162 g/mol. The Balaban J connectivity index is 2.21. The third-order valence-corrected chi connectivity index (χ3v) is 2.87. The Kier molecular flexibility index (Phi) is 4.43. The molecule has 2 nitrogen and oxygen atoms in total. The monoisotopic (exact) mass is 183 g/mol. The number of carbonyl (C=O) groups is 1. The fourth-order valence-corrected chi connectivity index (χ4v) is 1.95. The van der Waals surface area contributed by atoms with Crippen LogP contribution >= 0.6 is 0 Å². The van der Waals surface area contributed by atoms with Crippen molar-refractivity contribution in [1.29, 1.82) is 0 Å². The van der Waals surface area contributed by atoms with E-state index in [-0.39, 0.29) is 0 Å². The smallest absolute Gasteiger partial charge is 0.135 e. The first kappa shape index (κ1) is 10.7. The highest BCUT2D eigenvalue weighted by Gasteiger charge is 2.22. The first-order valence-electron chi connectivity index (χ1n) is 5.49. The lowest BCUT2D eigenvalue weighted by Crippen LogP contribution is -2.41. The lowest BCUT2D eigenvalue weighted by Gasteiger charge is -2.32. The number of Topliss-reactive ketones (excluding diaryl/α,β-unsaturated/α-hetero) is 1. The summed E-state index contributed by atoms with van der Waals surface area (Å²) in [6, 6.07) is 0.484. The highest BCUT2D eigenvalue weighted by atomic mass is 16.1. The average Bonchev–Trinajstić information content (AvgIpc) is 2.09. The Labute approximate surface area is 81.3 Å². The van der Waals surface area contributed by atoms with Gasteiger partial charge in [0.25, 0.3) is 0 Å². The van der Waals surface area contributed by atoms with Crippen LogP contribution in [0.15, 0.2) is 0 Å². The SMILES string of the molecule is CCCCCN1CCC(=O)CC1C. The minimum atomic E-state index is 0.444. The summed E-state index contributed by atoms with van der Waals surface area (Å²) in [5, 5.41) is 0. The molecule has 0 aromatic carbocycles. The molecule has 0 spiro atoms. The van der Waals surface area contributed by atoms with Gasteiger partial charge in [-0.2, -0.15) is 0 Å². The van der Waals surface area contributed by atoms with Gasteiger partial charge in [0.05, 0.1) is 0 Å². The molecule has 1 saturated heterocycles. The third kappa shape index (κ3) is 3.47. The molecule has 1 aliphatic heterocycles. The largest absolute Gasteiger partial charge is 0.300 e. The molecule has 0 N–H and O–H groups in total. The molecule has 1 unspecified atom stereocenters. The summed E-state index contributed by atoms with van der Waals surface area (Å²) >= 11 is 0. The molecule has 1 atom stereocenters. The van der Waals surface area contributed by atoms with E-state index in [0.717, 1.165) is 19.4 Å². The summed E-state index contributed by atoms with van der Waals surface area (Å²) in [6.45, 7) is 6.57. The van der Waals surface area contributed by atoms with Gasteiger partial charge in [-0.05, 0) is 19.9 Å². The summed E-state index contributed by atoms with van der Waals surface area (Å²) in [5.41, 5.74) is 0. The van der Waals surface area contributed by atoms with Crippen LogP contribution < -0.4 is 0 Å². The summed E-state index contributed by atoms with van der Waals surface area (Å²) < 4.78 is 0. The topological polar surface area (TPSA) is 20.3 Å². The molecule has 76 valence electrons. The Morgan fingerprint density at radius 1 is 1.46 bits per heavy atom. The number of piperidine rings is 1. The molecule has 13 heavy (non-hydrogen) atoms. The number of hydrogen-bond acceptors (Lipinski definition) is 2. The van der Waals surface area contributed by atoms with E-state index in [1.807, 2.05) is 0 Å². The maximum atomic E-state index is 11.1. The van der Waals surface area contributed by atoms with Gasteiger partial charge in [0.1, 0.15) is 5.78 Å². The van der Waals surface area contributed by atoms with E-state index in [0.29, 0.717) is 11.8 Å². The molecular formula is C11H21NO. The molecule has 0 aromatic rings. The molecule has 0 aromatic heterocycles. The summed E-state index contributed by atoms with van der Waals surface area (Å²) in [5.74, 6) is 0.444. The van der Waals surface area contributed by atoms with E-state index in [9.17, 15) is 4.79 Å². The average molecular weight is 183 g/mol. The maximum Gasteiger partial charge on any atom is 0.135 e. The second-order valence-electron chi connectivity index (χ2n) is 4.08. The molecule has 1 aliphatic rings. The van der Waals surface area contributed by atoms with Gasteiger partial charge < -0.3 is 0 Å². The third-order valence-electron chi connectivity index (χ3n) is 2.87. The van der Waals surface area contributed by atoms with Gasteiger partial charge in [0, 0.05) is 25.4 Å². The zero-order valence-electron chi connectivity index (χ0n) is 8.88. The van der Waals surface area contributed by atoms with Crippen LogP contribution in [0, 0.1) is 0 Å².